The molecule has 1 heterocycles. The predicted octanol–water partition coefficient (Wildman–Crippen LogP) is 3.94. The van der Waals surface area contributed by atoms with Crippen LogP contribution in [0.4, 0.5) is 0 Å². The molecule has 0 unspecified atom stereocenters. The van der Waals surface area contributed by atoms with Gasteiger partial charge in [-0.2, -0.15) is 0 Å². The Bertz CT molecular complexity index is 292. The highest BCUT2D eigenvalue weighted by Crippen LogP contribution is 2.35. The predicted molar refractivity (Wildman–Crippen MR) is 73.9 cm³/mol. The van der Waals surface area contributed by atoms with Crippen LogP contribution in [0.2, 0.25) is 0 Å². The molecule has 3 heteroatoms. The fraction of sp³-hybridized carbons (Fsp3) is 0.875. The molecule has 0 atom stereocenters. The lowest BCUT2D eigenvalue weighted by Crippen LogP contribution is -2.42. The summed E-state index contributed by atoms with van der Waals surface area (Å²) < 4.78 is 5.63. The lowest BCUT2D eigenvalue weighted by atomic mass is 9.82. The minimum Gasteiger partial charge on any atom is -0.458 e. The minimum atomic E-state index is -0.453. The zero-order valence-corrected chi connectivity index (χ0v) is 11.9. The van der Waals surface area contributed by atoms with E-state index in [1.54, 1.807) is 0 Å². The average Bonchev–Trinajstić information content (AvgIpc) is 2.33. The number of carbonyl (C=O) groups excluding carboxylic acids is 2. The number of hydrogen-bond acceptors (Lipinski definition) is 3. The van der Waals surface area contributed by atoms with Crippen LogP contribution in [0.15, 0.2) is 0 Å². The Morgan fingerprint density at radius 1 is 0.737 bits per heavy atom. The van der Waals surface area contributed by atoms with Crippen LogP contribution in [-0.2, 0) is 14.3 Å². The molecule has 0 amide bonds. The van der Waals surface area contributed by atoms with Gasteiger partial charge in [-0.05, 0) is 25.7 Å². The second-order valence-electron chi connectivity index (χ2n) is 6.23. The van der Waals surface area contributed by atoms with Gasteiger partial charge < -0.3 is 4.74 Å². The maximum Gasteiger partial charge on any atom is 0.313 e. The van der Waals surface area contributed by atoms with Crippen molar-refractivity contribution in [1.29, 1.82) is 0 Å². The Hall–Kier alpha value is -0.860. The molecule has 3 nitrogen and oxygen atoms in total. The summed E-state index contributed by atoms with van der Waals surface area (Å²) in [5.41, 5.74) is -0.453. The van der Waals surface area contributed by atoms with Gasteiger partial charge in [0.1, 0.15) is 17.8 Å². The third kappa shape index (κ3) is 4.63. The highest BCUT2D eigenvalue weighted by atomic mass is 16.6. The highest BCUT2D eigenvalue weighted by Gasteiger charge is 2.40. The van der Waals surface area contributed by atoms with Crippen molar-refractivity contribution >= 4 is 11.8 Å². The van der Waals surface area contributed by atoms with Crippen molar-refractivity contribution in [2.45, 2.75) is 89.1 Å². The number of ketones is 1. The van der Waals surface area contributed by atoms with Crippen LogP contribution >= 0.6 is 0 Å². The molecule has 1 aliphatic carbocycles. The van der Waals surface area contributed by atoms with E-state index in [4.69, 9.17) is 4.74 Å². The van der Waals surface area contributed by atoms with E-state index in [2.05, 4.69) is 0 Å². The molecule has 0 bridgehead atoms. The van der Waals surface area contributed by atoms with Gasteiger partial charge in [-0.15, -0.1) is 0 Å². The lowest BCUT2D eigenvalue weighted by molar-refractivity contribution is -0.172. The molecule has 0 N–H and O–H groups in total. The maximum absolute atomic E-state index is 11.7. The molecular weight excluding hydrogens is 240 g/mol. The maximum atomic E-state index is 11.7. The summed E-state index contributed by atoms with van der Waals surface area (Å²) in [5.74, 6) is -0.230. The van der Waals surface area contributed by atoms with E-state index >= 15 is 0 Å². The van der Waals surface area contributed by atoms with Crippen molar-refractivity contribution in [3.8, 4) is 0 Å². The molecule has 0 aromatic rings. The van der Waals surface area contributed by atoms with Crippen LogP contribution < -0.4 is 0 Å². The second kappa shape index (κ2) is 7.06. The molecule has 1 saturated heterocycles. The summed E-state index contributed by atoms with van der Waals surface area (Å²) in [6, 6.07) is 0. The highest BCUT2D eigenvalue weighted by molar-refractivity contribution is 5.98. The molecule has 1 saturated carbocycles. The minimum absolute atomic E-state index is 0.0122. The third-order valence-corrected chi connectivity index (χ3v) is 4.46. The number of ether oxygens (including phenoxy) is 1. The number of Topliss-reactive ketones (excluding diaryl/α,β-unsaturated/α-hetero) is 1. The van der Waals surface area contributed by atoms with E-state index in [9.17, 15) is 9.59 Å². The summed E-state index contributed by atoms with van der Waals surface area (Å²) in [7, 11) is 0. The molecule has 2 rings (SSSR count). The summed E-state index contributed by atoms with van der Waals surface area (Å²) in [6.07, 6.45) is 13.3. The molecule has 19 heavy (non-hydrogen) atoms. The van der Waals surface area contributed by atoms with Crippen molar-refractivity contribution in [3.63, 3.8) is 0 Å². The van der Waals surface area contributed by atoms with Gasteiger partial charge in [-0.3, -0.25) is 9.59 Å². The monoisotopic (exact) mass is 266 g/mol. The normalized spacial score (nSPS) is 26.3. The molecule has 0 aromatic carbocycles. The molecule has 2 aliphatic rings. The molecular formula is C16H26O3. The van der Waals surface area contributed by atoms with E-state index in [0.717, 1.165) is 25.7 Å². The Labute approximate surface area is 116 Å². The van der Waals surface area contributed by atoms with E-state index in [0.29, 0.717) is 6.42 Å². The summed E-state index contributed by atoms with van der Waals surface area (Å²) >= 11 is 0. The van der Waals surface area contributed by atoms with Gasteiger partial charge in [0.2, 0.25) is 0 Å². The Kier molecular flexibility index (Phi) is 5.41. The van der Waals surface area contributed by atoms with E-state index in [1.807, 2.05) is 0 Å². The van der Waals surface area contributed by atoms with E-state index in [1.165, 1.54) is 44.9 Å². The number of carbonyl (C=O) groups is 2. The van der Waals surface area contributed by atoms with Crippen LogP contribution in [0.3, 0.4) is 0 Å². The Morgan fingerprint density at radius 3 is 1.68 bits per heavy atom. The van der Waals surface area contributed by atoms with E-state index in [-0.39, 0.29) is 18.2 Å². The lowest BCUT2D eigenvalue weighted by Gasteiger charge is -2.36. The van der Waals surface area contributed by atoms with Crippen molar-refractivity contribution in [1.82, 2.24) is 0 Å². The topological polar surface area (TPSA) is 43.4 Å². The van der Waals surface area contributed by atoms with Crippen molar-refractivity contribution in [2.75, 3.05) is 0 Å². The zero-order valence-electron chi connectivity index (χ0n) is 11.9. The van der Waals surface area contributed by atoms with Gasteiger partial charge in [-0.25, -0.2) is 0 Å². The number of esters is 1. The standard InChI is InChI=1S/C16H26O3/c17-14-12-15(18)19-16(13-14)10-8-6-4-2-1-3-5-7-9-11-16/h1-13H2. The van der Waals surface area contributed by atoms with Crippen molar-refractivity contribution in [2.24, 2.45) is 0 Å². The summed E-state index contributed by atoms with van der Waals surface area (Å²) in [5, 5.41) is 0. The van der Waals surface area contributed by atoms with Gasteiger partial charge in [0.05, 0.1) is 0 Å². The Balaban J connectivity index is 1.96. The molecule has 0 aromatic heterocycles. The van der Waals surface area contributed by atoms with Gasteiger partial charge >= 0.3 is 5.97 Å². The second-order valence-corrected chi connectivity index (χ2v) is 6.23. The largest absolute Gasteiger partial charge is 0.458 e. The van der Waals surface area contributed by atoms with E-state index < -0.39 is 5.60 Å². The van der Waals surface area contributed by atoms with Gasteiger partial charge in [0, 0.05) is 6.42 Å². The van der Waals surface area contributed by atoms with Crippen molar-refractivity contribution in [3.05, 3.63) is 0 Å². The average molecular weight is 266 g/mol. The SMILES string of the molecule is O=C1CC(=O)OC2(CCCCCCCCCCC2)C1. The van der Waals surface area contributed by atoms with Crippen LogP contribution in [-0.4, -0.2) is 17.4 Å². The molecule has 2 fully saturated rings. The van der Waals surface area contributed by atoms with Crippen LogP contribution in [0.1, 0.15) is 83.5 Å². The first-order valence-electron chi connectivity index (χ1n) is 7.94. The van der Waals surface area contributed by atoms with Crippen LogP contribution in [0.5, 0.6) is 0 Å². The number of hydrogen-bond donors (Lipinski definition) is 0. The molecule has 1 spiro atoms. The third-order valence-electron chi connectivity index (χ3n) is 4.46. The summed E-state index contributed by atoms with van der Waals surface area (Å²) in [6.45, 7) is 0. The number of rotatable bonds is 0. The summed E-state index contributed by atoms with van der Waals surface area (Å²) in [4.78, 5) is 23.3. The quantitative estimate of drug-likeness (QED) is 0.493. The fourth-order valence-electron chi connectivity index (χ4n) is 3.43. The first-order valence-corrected chi connectivity index (χ1v) is 7.94. The van der Waals surface area contributed by atoms with Crippen molar-refractivity contribution < 1.29 is 14.3 Å². The van der Waals surface area contributed by atoms with Gasteiger partial charge in [-0.1, -0.05) is 44.9 Å². The fourth-order valence-corrected chi connectivity index (χ4v) is 3.43. The molecule has 108 valence electrons. The Morgan fingerprint density at radius 2 is 1.21 bits per heavy atom. The van der Waals surface area contributed by atoms with Crippen LogP contribution in [0.25, 0.3) is 0 Å². The molecule has 1 aliphatic heterocycles. The zero-order chi connectivity index (χ0) is 13.6. The van der Waals surface area contributed by atoms with Gasteiger partial charge in [0.25, 0.3) is 0 Å². The van der Waals surface area contributed by atoms with Crippen LogP contribution in [0, 0.1) is 0 Å². The molecule has 0 radical (unpaired) electrons. The van der Waals surface area contributed by atoms with Gasteiger partial charge in [0.15, 0.2) is 0 Å². The first kappa shape index (κ1) is 14.5. The smallest absolute Gasteiger partial charge is 0.313 e. The first-order chi connectivity index (χ1) is 9.20.